The highest BCUT2D eigenvalue weighted by molar-refractivity contribution is 7.92. The number of carbonyl (C=O) groups is 1. The first kappa shape index (κ1) is 21.4. The van der Waals surface area contributed by atoms with Crippen LogP contribution in [0.1, 0.15) is 10.4 Å². The number of benzene rings is 2. The summed E-state index contributed by atoms with van der Waals surface area (Å²) >= 11 is 0. The van der Waals surface area contributed by atoms with E-state index in [1.165, 1.54) is 25.3 Å². The number of sulfonamides is 2. The van der Waals surface area contributed by atoms with E-state index in [1.54, 1.807) is 0 Å². The van der Waals surface area contributed by atoms with Crippen molar-refractivity contribution in [2.75, 3.05) is 29.9 Å². The van der Waals surface area contributed by atoms with Crippen LogP contribution in [0.15, 0.2) is 41.3 Å². The highest BCUT2D eigenvalue weighted by atomic mass is 32.2. The number of halogens is 1. The molecule has 9 nitrogen and oxygen atoms in total. The fourth-order valence-corrected chi connectivity index (χ4v) is 3.93. The van der Waals surface area contributed by atoms with Crippen LogP contribution in [0.3, 0.4) is 0 Å². The molecule has 12 heteroatoms. The lowest BCUT2D eigenvalue weighted by Crippen LogP contribution is -2.16. The zero-order chi connectivity index (χ0) is 21.1. The zero-order valence-electron chi connectivity index (χ0n) is 15.0. The van der Waals surface area contributed by atoms with Crippen molar-refractivity contribution in [3.63, 3.8) is 0 Å². The summed E-state index contributed by atoms with van der Waals surface area (Å²) in [7, 11) is -5.62. The number of anilines is 2. The van der Waals surface area contributed by atoms with Gasteiger partial charge in [0.1, 0.15) is 16.5 Å². The summed E-state index contributed by atoms with van der Waals surface area (Å²) in [5.74, 6) is -1.86. The second-order valence-corrected chi connectivity index (χ2v) is 8.93. The molecule has 152 valence electrons. The van der Waals surface area contributed by atoms with Crippen LogP contribution in [0.25, 0.3) is 0 Å². The average molecular weight is 432 g/mol. The third-order valence-electron chi connectivity index (χ3n) is 3.39. The van der Waals surface area contributed by atoms with E-state index in [4.69, 9.17) is 4.74 Å². The number of hydrogen-bond acceptors (Lipinski definition) is 7. The summed E-state index contributed by atoms with van der Waals surface area (Å²) in [6, 6.07) is 6.53. The molecule has 28 heavy (non-hydrogen) atoms. The molecule has 0 aromatic heterocycles. The molecule has 0 heterocycles. The number of hydrogen-bond donors (Lipinski definition) is 2. The maximum absolute atomic E-state index is 14.1. The molecule has 2 N–H and O–H groups in total. The molecule has 0 unspecified atom stereocenters. The molecule has 2 rings (SSSR count). The van der Waals surface area contributed by atoms with E-state index >= 15 is 0 Å². The molecule has 2 aromatic carbocycles. The zero-order valence-corrected chi connectivity index (χ0v) is 16.6. The van der Waals surface area contributed by atoms with Crippen LogP contribution < -0.4 is 14.2 Å². The Morgan fingerprint density at radius 1 is 1.00 bits per heavy atom. The summed E-state index contributed by atoms with van der Waals surface area (Å²) in [5, 5.41) is 0. The van der Waals surface area contributed by atoms with Crippen molar-refractivity contribution in [1.29, 1.82) is 0 Å². The summed E-state index contributed by atoms with van der Waals surface area (Å²) in [5.41, 5.74) is -0.0693. The van der Waals surface area contributed by atoms with Gasteiger partial charge in [-0.15, -0.1) is 0 Å². The Labute approximate surface area is 161 Å². The lowest BCUT2D eigenvalue weighted by molar-refractivity contribution is 0.0600. The van der Waals surface area contributed by atoms with Gasteiger partial charge in [0.05, 0.1) is 37.4 Å². The van der Waals surface area contributed by atoms with Crippen LogP contribution >= 0.6 is 0 Å². The van der Waals surface area contributed by atoms with Crippen molar-refractivity contribution in [2.24, 2.45) is 0 Å². The Morgan fingerprint density at radius 2 is 1.68 bits per heavy atom. The minimum atomic E-state index is -4.41. The first-order chi connectivity index (χ1) is 13.0. The molecule has 0 fully saturated rings. The molecule has 0 atom stereocenters. The fourth-order valence-electron chi connectivity index (χ4n) is 2.20. The molecule has 2 aromatic rings. The van der Waals surface area contributed by atoms with Gasteiger partial charge < -0.3 is 9.47 Å². The van der Waals surface area contributed by atoms with Crippen LogP contribution in [-0.4, -0.2) is 43.3 Å². The topological polar surface area (TPSA) is 128 Å². The van der Waals surface area contributed by atoms with E-state index in [-0.39, 0.29) is 22.7 Å². The van der Waals surface area contributed by atoms with Gasteiger partial charge in [0.2, 0.25) is 10.0 Å². The van der Waals surface area contributed by atoms with Crippen molar-refractivity contribution in [1.82, 2.24) is 0 Å². The Balaban J connectivity index is 2.41. The molecule has 0 saturated heterocycles. The van der Waals surface area contributed by atoms with E-state index in [2.05, 4.69) is 14.2 Å². The molecule has 0 saturated carbocycles. The number of esters is 1. The SMILES string of the molecule is COC(=O)c1ccc(F)c(S(=O)(=O)Nc2ccc(NS(C)(=O)=O)c(OC)c2)c1. The molecule has 0 aliphatic carbocycles. The lowest BCUT2D eigenvalue weighted by Gasteiger charge is -2.14. The van der Waals surface area contributed by atoms with Gasteiger partial charge in [-0.2, -0.15) is 0 Å². The Morgan fingerprint density at radius 3 is 2.25 bits per heavy atom. The van der Waals surface area contributed by atoms with Crippen LogP contribution in [0.4, 0.5) is 15.8 Å². The summed E-state index contributed by atoms with van der Waals surface area (Å²) in [4.78, 5) is 10.8. The van der Waals surface area contributed by atoms with Gasteiger partial charge in [0, 0.05) is 6.07 Å². The Hall–Kier alpha value is -2.86. The minimum absolute atomic E-state index is 0.0150. The van der Waals surface area contributed by atoms with Crippen LogP contribution in [0.2, 0.25) is 0 Å². The van der Waals surface area contributed by atoms with Gasteiger partial charge in [-0.25, -0.2) is 26.0 Å². The fraction of sp³-hybridized carbons (Fsp3) is 0.188. The molecule has 0 bridgehead atoms. The monoisotopic (exact) mass is 432 g/mol. The molecular formula is C16H17FN2O7S2. The largest absolute Gasteiger partial charge is 0.494 e. The highest BCUT2D eigenvalue weighted by Gasteiger charge is 2.22. The van der Waals surface area contributed by atoms with Crippen molar-refractivity contribution < 1.29 is 35.5 Å². The van der Waals surface area contributed by atoms with E-state index < -0.39 is 36.7 Å². The average Bonchev–Trinajstić information content (AvgIpc) is 2.61. The predicted molar refractivity (Wildman–Crippen MR) is 100 cm³/mol. The molecular weight excluding hydrogens is 415 g/mol. The first-order valence-corrected chi connectivity index (χ1v) is 10.9. The van der Waals surface area contributed by atoms with Crippen molar-refractivity contribution in [3.05, 3.63) is 47.8 Å². The second kappa shape index (κ2) is 8.02. The van der Waals surface area contributed by atoms with Gasteiger partial charge in [0.25, 0.3) is 10.0 Å². The summed E-state index contributed by atoms with van der Waals surface area (Å²) < 4.78 is 75.8. The third kappa shape index (κ3) is 5.10. The van der Waals surface area contributed by atoms with Crippen LogP contribution in [0.5, 0.6) is 5.75 Å². The van der Waals surface area contributed by atoms with Crippen molar-refractivity contribution in [3.8, 4) is 5.75 Å². The standard InChI is InChI=1S/C16H17FN2O7S2/c1-25-14-9-11(5-7-13(14)19-27(3,21)22)18-28(23,24)15-8-10(16(20)26-2)4-6-12(15)17/h4-9,18-19H,1-3H3. The number of ether oxygens (including phenoxy) is 2. The number of carbonyl (C=O) groups excluding carboxylic acids is 1. The maximum Gasteiger partial charge on any atom is 0.337 e. The van der Waals surface area contributed by atoms with E-state index in [9.17, 15) is 26.0 Å². The van der Waals surface area contributed by atoms with Crippen molar-refractivity contribution >= 4 is 37.4 Å². The summed E-state index contributed by atoms with van der Waals surface area (Å²) in [6.45, 7) is 0. The molecule has 0 aliphatic heterocycles. The highest BCUT2D eigenvalue weighted by Crippen LogP contribution is 2.30. The van der Waals surface area contributed by atoms with Gasteiger partial charge in [-0.05, 0) is 30.3 Å². The smallest absolute Gasteiger partial charge is 0.337 e. The molecule has 0 aliphatic rings. The second-order valence-electron chi connectivity index (χ2n) is 5.53. The quantitative estimate of drug-likeness (QED) is 0.639. The normalized spacial score (nSPS) is 11.6. The van der Waals surface area contributed by atoms with Crippen molar-refractivity contribution in [2.45, 2.75) is 4.90 Å². The minimum Gasteiger partial charge on any atom is -0.494 e. The lowest BCUT2D eigenvalue weighted by atomic mass is 10.2. The number of nitrogens with one attached hydrogen (secondary N) is 2. The van der Waals surface area contributed by atoms with Gasteiger partial charge in [-0.1, -0.05) is 0 Å². The maximum atomic E-state index is 14.1. The predicted octanol–water partition coefficient (Wildman–Crippen LogP) is 1.79. The Bertz CT molecular complexity index is 1120. The number of rotatable bonds is 7. The molecule has 0 spiro atoms. The molecule has 0 radical (unpaired) electrons. The van der Waals surface area contributed by atoms with E-state index in [1.807, 2.05) is 0 Å². The summed E-state index contributed by atoms with van der Waals surface area (Å²) in [6.07, 6.45) is 0.945. The van der Waals surface area contributed by atoms with Crippen LogP contribution in [-0.2, 0) is 24.8 Å². The van der Waals surface area contributed by atoms with E-state index in [0.29, 0.717) is 0 Å². The van der Waals surface area contributed by atoms with Gasteiger partial charge in [-0.3, -0.25) is 9.44 Å². The number of methoxy groups -OCH3 is 2. The first-order valence-electron chi connectivity index (χ1n) is 7.53. The van der Waals surface area contributed by atoms with Gasteiger partial charge >= 0.3 is 5.97 Å². The Kier molecular flexibility index (Phi) is 6.14. The molecule has 0 amide bonds. The van der Waals surface area contributed by atoms with Gasteiger partial charge in [0.15, 0.2) is 0 Å². The van der Waals surface area contributed by atoms with E-state index in [0.717, 1.165) is 31.6 Å². The van der Waals surface area contributed by atoms with Crippen LogP contribution in [0, 0.1) is 5.82 Å². The third-order valence-corrected chi connectivity index (χ3v) is 5.38.